The molecule has 1 aliphatic heterocycles. The molecule has 7 heteroatoms. The van der Waals surface area contributed by atoms with Crippen molar-refractivity contribution in [2.45, 2.75) is 51.6 Å². The summed E-state index contributed by atoms with van der Waals surface area (Å²) in [5.74, 6) is -0.295. The Labute approximate surface area is 170 Å². The highest BCUT2D eigenvalue weighted by atomic mass is 16.3. The molecule has 0 saturated carbocycles. The van der Waals surface area contributed by atoms with Gasteiger partial charge in [0.1, 0.15) is 17.8 Å². The van der Waals surface area contributed by atoms with Crippen molar-refractivity contribution in [1.29, 1.82) is 0 Å². The highest BCUT2D eigenvalue weighted by Crippen LogP contribution is 2.31. The lowest BCUT2D eigenvalue weighted by Gasteiger charge is -2.24. The fraction of sp³-hybridized carbons (Fsp3) is 0.409. The molecule has 1 saturated heterocycles. The fourth-order valence-corrected chi connectivity index (χ4v) is 3.38. The van der Waals surface area contributed by atoms with Crippen molar-refractivity contribution in [3.05, 3.63) is 59.5 Å². The number of nitrogens with one attached hydrogen (secondary N) is 2. The number of urea groups is 1. The number of amides is 4. The molecule has 1 fully saturated rings. The number of carbonyl (C=O) groups is 3. The van der Waals surface area contributed by atoms with E-state index in [1.54, 1.807) is 26.0 Å². The second-order valence-corrected chi connectivity index (χ2v) is 8.58. The van der Waals surface area contributed by atoms with Gasteiger partial charge in [-0.3, -0.25) is 14.5 Å². The van der Waals surface area contributed by atoms with Crippen molar-refractivity contribution < 1.29 is 18.8 Å². The molecule has 0 radical (unpaired) electrons. The zero-order valence-corrected chi connectivity index (χ0v) is 17.4. The largest absolute Gasteiger partial charge is 0.467 e. The summed E-state index contributed by atoms with van der Waals surface area (Å²) >= 11 is 0. The molecule has 3 rings (SSSR count). The average molecular weight is 397 g/mol. The Morgan fingerprint density at radius 3 is 2.41 bits per heavy atom. The van der Waals surface area contributed by atoms with Crippen molar-refractivity contribution in [3.63, 3.8) is 0 Å². The third kappa shape index (κ3) is 4.04. The van der Waals surface area contributed by atoms with Crippen LogP contribution in [0.25, 0.3) is 0 Å². The molecule has 1 aliphatic rings. The molecule has 2 heterocycles. The molecular weight excluding hydrogens is 370 g/mol. The van der Waals surface area contributed by atoms with E-state index < -0.39 is 23.4 Å². The summed E-state index contributed by atoms with van der Waals surface area (Å²) in [5.41, 5.74) is 0.581. The Morgan fingerprint density at radius 1 is 1.21 bits per heavy atom. The Bertz CT molecular complexity index is 913. The Balaban J connectivity index is 1.72. The standard InChI is InChI=1S/C22H27N3O4/c1-14(17-7-6-12-29-17)23-18(26)13-25-19(27)22(5,24-20(25)28)16-10-8-15(9-11-16)21(2,3)4/h6-12,14H,13H2,1-5H3,(H,23,26)(H,24,28). The minimum absolute atomic E-state index is 0.0167. The summed E-state index contributed by atoms with van der Waals surface area (Å²) < 4.78 is 5.26. The van der Waals surface area contributed by atoms with Gasteiger partial charge >= 0.3 is 6.03 Å². The molecule has 2 atom stereocenters. The monoisotopic (exact) mass is 397 g/mol. The van der Waals surface area contributed by atoms with Crippen LogP contribution in [0.2, 0.25) is 0 Å². The highest BCUT2D eigenvalue weighted by molar-refractivity contribution is 6.09. The molecule has 2 N–H and O–H groups in total. The van der Waals surface area contributed by atoms with E-state index in [9.17, 15) is 14.4 Å². The minimum Gasteiger partial charge on any atom is -0.467 e. The molecule has 1 aromatic heterocycles. The van der Waals surface area contributed by atoms with E-state index in [-0.39, 0.29) is 18.0 Å². The van der Waals surface area contributed by atoms with Gasteiger partial charge in [0.2, 0.25) is 5.91 Å². The van der Waals surface area contributed by atoms with Gasteiger partial charge in [-0.2, -0.15) is 0 Å². The number of benzene rings is 1. The Kier molecular flexibility index (Phi) is 5.26. The molecule has 0 aliphatic carbocycles. The maximum atomic E-state index is 13.0. The summed E-state index contributed by atoms with van der Waals surface area (Å²) in [6.45, 7) is 9.39. The lowest BCUT2D eigenvalue weighted by molar-refractivity contribution is -0.135. The van der Waals surface area contributed by atoms with Crippen LogP contribution in [-0.2, 0) is 20.5 Å². The first-order chi connectivity index (χ1) is 13.5. The first-order valence-corrected chi connectivity index (χ1v) is 9.60. The second-order valence-electron chi connectivity index (χ2n) is 8.58. The smallest absolute Gasteiger partial charge is 0.325 e. The molecule has 154 valence electrons. The van der Waals surface area contributed by atoms with Gasteiger partial charge in [-0.1, -0.05) is 45.0 Å². The van der Waals surface area contributed by atoms with Crippen LogP contribution < -0.4 is 10.6 Å². The average Bonchev–Trinajstić information content (AvgIpc) is 3.25. The fourth-order valence-electron chi connectivity index (χ4n) is 3.38. The van der Waals surface area contributed by atoms with Crippen LogP contribution in [-0.4, -0.2) is 29.3 Å². The molecule has 1 aromatic carbocycles. The number of furan rings is 1. The number of carbonyl (C=O) groups excluding carboxylic acids is 3. The van der Waals surface area contributed by atoms with E-state index in [1.807, 2.05) is 24.3 Å². The van der Waals surface area contributed by atoms with Gasteiger partial charge < -0.3 is 15.1 Å². The van der Waals surface area contributed by atoms with Gasteiger partial charge in [-0.05, 0) is 42.5 Å². The number of hydrogen-bond acceptors (Lipinski definition) is 4. The summed E-state index contributed by atoms with van der Waals surface area (Å²) in [6, 6.07) is 10.1. The topological polar surface area (TPSA) is 91.7 Å². The predicted octanol–water partition coefficient (Wildman–Crippen LogP) is 3.22. The maximum Gasteiger partial charge on any atom is 0.325 e. The van der Waals surface area contributed by atoms with Gasteiger partial charge in [0.15, 0.2) is 0 Å². The number of hydrogen-bond donors (Lipinski definition) is 2. The van der Waals surface area contributed by atoms with Crippen LogP contribution in [0.5, 0.6) is 0 Å². The molecule has 29 heavy (non-hydrogen) atoms. The number of nitrogens with zero attached hydrogens (tertiary/aromatic N) is 1. The summed E-state index contributed by atoms with van der Waals surface area (Å²) in [6.07, 6.45) is 1.52. The van der Waals surface area contributed by atoms with Gasteiger partial charge in [0, 0.05) is 0 Å². The maximum absolute atomic E-state index is 13.0. The molecule has 0 spiro atoms. The lowest BCUT2D eigenvalue weighted by atomic mass is 9.84. The van der Waals surface area contributed by atoms with Crippen molar-refractivity contribution in [3.8, 4) is 0 Å². The van der Waals surface area contributed by atoms with E-state index in [0.717, 1.165) is 10.5 Å². The van der Waals surface area contributed by atoms with Crippen molar-refractivity contribution in [2.24, 2.45) is 0 Å². The molecular formula is C22H27N3O4. The Morgan fingerprint density at radius 2 is 1.86 bits per heavy atom. The van der Waals surface area contributed by atoms with E-state index >= 15 is 0 Å². The normalized spacial score (nSPS) is 20.5. The van der Waals surface area contributed by atoms with Crippen molar-refractivity contribution in [2.75, 3.05) is 6.54 Å². The highest BCUT2D eigenvalue weighted by Gasteiger charge is 2.49. The summed E-state index contributed by atoms with van der Waals surface area (Å²) in [7, 11) is 0. The zero-order chi connectivity index (χ0) is 21.4. The zero-order valence-electron chi connectivity index (χ0n) is 17.4. The van der Waals surface area contributed by atoms with Gasteiger partial charge in [-0.15, -0.1) is 0 Å². The molecule has 2 aromatic rings. The van der Waals surface area contributed by atoms with Crippen LogP contribution in [0.1, 0.15) is 57.5 Å². The van der Waals surface area contributed by atoms with E-state index in [2.05, 4.69) is 31.4 Å². The van der Waals surface area contributed by atoms with Crippen LogP contribution >= 0.6 is 0 Å². The van der Waals surface area contributed by atoms with Crippen LogP contribution in [0, 0.1) is 0 Å². The summed E-state index contributed by atoms with van der Waals surface area (Å²) in [5, 5.41) is 5.46. The molecule has 7 nitrogen and oxygen atoms in total. The summed E-state index contributed by atoms with van der Waals surface area (Å²) in [4.78, 5) is 38.8. The minimum atomic E-state index is -1.21. The van der Waals surface area contributed by atoms with Crippen LogP contribution in [0.4, 0.5) is 4.79 Å². The lowest BCUT2D eigenvalue weighted by Crippen LogP contribution is -2.43. The second kappa shape index (κ2) is 7.39. The predicted molar refractivity (Wildman–Crippen MR) is 108 cm³/mol. The Hall–Kier alpha value is -3.09. The van der Waals surface area contributed by atoms with Gasteiger partial charge in [-0.25, -0.2) is 4.79 Å². The van der Waals surface area contributed by atoms with Gasteiger partial charge in [0.05, 0.1) is 12.3 Å². The third-order valence-electron chi connectivity index (χ3n) is 5.25. The quantitative estimate of drug-likeness (QED) is 0.758. The van der Waals surface area contributed by atoms with Crippen LogP contribution in [0.3, 0.4) is 0 Å². The van der Waals surface area contributed by atoms with Crippen molar-refractivity contribution >= 4 is 17.8 Å². The van der Waals surface area contributed by atoms with Crippen molar-refractivity contribution in [1.82, 2.24) is 15.5 Å². The molecule has 2 unspecified atom stereocenters. The van der Waals surface area contributed by atoms with Crippen LogP contribution in [0.15, 0.2) is 47.1 Å². The molecule has 0 bridgehead atoms. The number of rotatable bonds is 5. The van der Waals surface area contributed by atoms with E-state index in [0.29, 0.717) is 11.3 Å². The number of imide groups is 1. The van der Waals surface area contributed by atoms with Gasteiger partial charge in [0.25, 0.3) is 5.91 Å². The van der Waals surface area contributed by atoms with E-state index in [4.69, 9.17) is 4.42 Å². The molecule has 4 amide bonds. The van der Waals surface area contributed by atoms with E-state index in [1.165, 1.54) is 6.26 Å². The SMILES string of the molecule is CC(NC(=O)CN1C(=O)NC(C)(c2ccc(C(C)(C)C)cc2)C1=O)c1ccco1. The first kappa shape index (κ1) is 20.6. The third-order valence-corrected chi connectivity index (χ3v) is 5.25. The first-order valence-electron chi connectivity index (χ1n) is 9.60.